The normalized spacial score (nSPS) is 14.4. The molecule has 3 heterocycles. The number of nitrogens with zero attached hydrogens (tertiary/aromatic N) is 3. The summed E-state index contributed by atoms with van der Waals surface area (Å²) in [6.45, 7) is 2.55. The number of alkyl halides is 3. The Balaban J connectivity index is 1.58. The van der Waals surface area contributed by atoms with E-state index in [-0.39, 0.29) is 41.1 Å². The summed E-state index contributed by atoms with van der Waals surface area (Å²) in [5.41, 5.74) is 1.19. The van der Waals surface area contributed by atoms with Gasteiger partial charge in [0.1, 0.15) is 11.1 Å². The second-order valence-electron chi connectivity index (χ2n) is 10.0. The van der Waals surface area contributed by atoms with E-state index in [4.69, 9.17) is 4.74 Å². The molecule has 4 aromatic rings. The van der Waals surface area contributed by atoms with Crippen LogP contribution in [0.2, 0.25) is 0 Å². The van der Waals surface area contributed by atoms with Gasteiger partial charge in [0, 0.05) is 38.5 Å². The highest BCUT2D eigenvalue weighted by molar-refractivity contribution is 6.12. The lowest BCUT2D eigenvalue weighted by atomic mass is 10.0. The number of fused-ring (bicyclic) bond motifs is 3. The summed E-state index contributed by atoms with van der Waals surface area (Å²) < 4.78 is 51.2. The summed E-state index contributed by atoms with van der Waals surface area (Å²) >= 11 is 0. The van der Waals surface area contributed by atoms with E-state index < -0.39 is 17.8 Å². The number of carbonyl (C=O) groups excluding carboxylic acids is 2. The van der Waals surface area contributed by atoms with Gasteiger partial charge >= 0.3 is 6.36 Å². The zero-order chi connectivity index (χ0) is 29.5. The van der Waals surface area contributed by atoms with Crippen LogP contribution in [0.25, 0.3) is 21.8 Å². The predicted molar refractivity (Wildman–Crippen MR) is 146 cm³/mol. The highest BCUT2D eigenvalue weighted by Gasteiger charge is 2.32. The van der Waals surface area contributed by atoms with Crippen LogP contribution in [0.5, 0.6) is 11.5 Å². The molecule has 1 aliphatic rings. The second-order valence-corrected chi connectivity index (χ2v) is 10.0. The van der Waals surface area contributed by atoms with Crippen molar-refractivity contribution in [3.05, 3.63) is 70.1 Å². The average molecular weight is 571 g/mol. The van der Waals surface area contributed by atoms with E-state index in [2.05, 4.69) is 10.1 Å². The SMILES string of the molecule is COc1c(C(=O)NC2CCN(C(C)=O)CC2)n(C)c2c1c(=O)n(Cc1cccc(OC(F)(F)F)c1)c1ccccc21. The maximum absolute atomic E-state index is 14.0. The molecule has 0 aliphatic carbocycles. The molecule has 41 heavy (non-hydrogen) atoms. The number of ether oxygens (including phenoxy) is 2. The molecule has 2 aromatic carbocycles. The van der Waals surface area contributed by atoms with Crippen LogP contribution >= 0.6 is 0 Å². The topological polar surface area (TPSA) is 94.8 Å². The van der Waals surface area contributed by atoms with Crippen molar-refractivity contribution >= 4 is 33.6 Å². The molecule has 1 fully saturated rings. The highest BCUT2D eigenvalue weighted by atomic mass is 19.4. The Morgan fingerprint density at radius 1 is 1.07 bits per heavy atom. The van der Waals surface area contributed by atoms with Crippen molar-refractivity contribution < 1.29 is 32.2 Å². The minimum atomic E-state index is -4.85. The van der Waals surface area contributed by atoms with Crippen LogP contribution in [0.1, 0.15) is 35.8 Å². The summed E-state index contributed by atoms with van der Waals surface area (Å²) in [4.78, 5) is 41.0. The van der Waals surface area contributed by atoms with Crippen molar-refractivity contribution in [3.8, 4) is 11.5 Å². The zero-order valence-corrected chi connectivity index (χ0v) is 22.7. The van der Waals surface area contributed by atoms with E-state index in [1.807, 2.05) is 6.07 Å². The largest absolute Gasteiger partial charge is 0.573 e. The number of piperidine rings is 1. The lowest BCUT2D eigenvalue weighted by Gasteiger charge is -2.31. The first-order chi connectivity index (χ1) is 19.5. The van der Waals surface area contributed by atoms with Crippen LogP contribution < -0.4 is 20.3 Å². The fourth-order valence-electron chi connectivity index (χ4n) is 5.55. The molecular weight excluding hydrogens is 541 g/mol. The van der Waals surface area contributed by atoms with Gasteiger partial charge in [-0.25, -0.2) is 0 Å². The molecule has 0 spiro atoms. The summed E-state index contributed by atoms with van der Waals surface area (Å²) in [6, 6.07) is 12.4. The monoisotopic (exact) mass is 570 g/mol. The highest BCUT2D eigenvalue weighted by Crippen LogP contribution is 2.35. The van der Waals surface area contributed by atoms with Crippen molar-refractivity contribution in [2.45, 2.75) is 38.7 Å². The van der Waals surface area contributed by atoms with Crippen molar-refractivity contribution in [2.24, 2.45) is 7.05 Å². The number of hydrogen-bond acceptors (Lipinski definition) is 5. The molecule has 5 rings (SSSR count). The number of methoxy groups -OCH3 is 1. The molecule has 0 atom stereocenters. The van der Waals surface area contributed by atoms with Gasteiger partial charge in [-0.05, 0) is 36.6 Å². The number of aryl methyl sites for hydroxylation is 1. The maximum atomic E-state index is 14.0. The number of amides is 2. The number of para-hydroxylation sites is 1. The number of halogens is 3. The first-order valence-corrected chi connectivity index (χ1v) is 13.1. The molecular formula is C29H29F3N4O5. The van der Waals surface area contributed by atoms with Gasteiger partial charge in [0.15, 0.2) is 11.4 Å². The van der Waals surface area contributed by atoms with Crippen LogP contribution in [-0.4, -0.2) is 58.5 Å². The average Bonchev–Trinajstić information content (AvgIpc) is 3.23. The van der Waals surface area contributed by atoms with E-state index in [9.17, 15) is 27.6 Å². The molecule has 0 radical (unpaired) electrons. The number of pyridine rings is 1. The number of likely N-dealkylation sites (tertiary alicyclic amines) is 1. The minimum Gasteiger partial charge on any atom is -0.493 e. The van der Waals surface area contributed by atoms with Gasteiger partial charge < -0.3 is 28.8 Å². The first-order valence-electron chi connectivity index (χ1n) is 13.1. The molecule has 216 valence electrons. The quantitative estimate of drug-likeness (QED) is 0.375. The van der Waals surface area contributed by atoms with Gasteiger partial charge in [-0.2, -0.15) is 0 Å². The van der Waals surface area contributed by atoms with Gasteiger partial charge in [-0.3, -0.25) is 14.4 Å². The summed E-state index contributed by atoms with van der Waals surface area (Å²) in [7, 11) is 3.07. The smallest absolute Gasteiger partial charge is 0.493 e. The summed E-state index contributed by atoms with van der Waals surface area (Å²) in [5.74, 6) is -0.694. The molecule has 0 unspecified atom stereocenters. The van der Waals surface area contributed by atoms with Crippen molar-refractivity contribution in [2.75, 3.05) is 20.2 Å². The van der Waals surface area contributed by atoms with Gasteiger partial charge in [0.05, 0.1) is 24.7 Å². The Labute approximate surface area is 233 Å². The molecule has 0 bridgehead atoms. The van der Waals surface area contributed by atoms with Crippen LogP contribution in [0, 0.1) is 0 Å². The Bertz CT molecular complexity index is 1700. The lowest BCUT2D eigenvalue weighted by molar-refractivity contribution is -0.274. The lowest BCUT2D eigenvalue weighted by Crippen LogP contribution is -2.46. The van der Waals surface area contributed by atoms with Crippen LogP contribution in [-0.2, 0) is 18.4 Å². The Kier molecular flexibility index (Phi) is 7.41. The fourth-order valence-corrected chi connectivity index (χ4v) is 5.55. The first kappa shape index (κ1) is 28.1. The van der Waals surface area contributed by atoms with Gasteiger partial charge in [0.25, 0.3) is 11.5 Å². The molecule has 9 nitrogen and oxygen atoms in total. The van der Waals surface area contributed by atoms with Gasteiger partial charge in [0.2, 0.25) is 5.91 Å². The van der Waals surface area contributed by atoms with E-state index in [0.717, 1.165) is 0 Å². The number of benzene rings is 2. The number of carbonyl (C=O) groups is 2. The third kappa shape index (κ3) is 5.46. The van der Waals surface area contributed by atoms with Crippen molar-refractivity contribution in [1.29, 1.82) is 0 Å². The van der Waals surface area contributed by atoms with Crippen LogP contribution in [0.3, 0.4) is 0 Å². The standard InChI is InChI=1S/C29H29F3N4O5/c1-17(37)35-13-11-19(12-14-35)33-27(38)25-26(40-3)23-24(34(25)2)21-9-4-5-10-22(21)36(28(23)39)16-18-7-6-8-20(15-18)41-29(30,31)32/h4-10,15,19H,11-14,16H2,1-3H3,(H,33,38). The summed E-state index contributed by atoms with van der Waals surface area (Å²) in [6.07, 6.45) is -3.64. The number of aromatic nitrogens is 2. The molecule has 2 aromatic heterocycles. The summed E-state index contributed by atoms with van der Waals surface area (Å²) in [5, 5.41) is 3.88. The van der Waals surface area contributed by atoms with E-state index in [0.29, 0.717) is 47.9 Å². The zero-order valence-electron chi connectivity index (χ0n) is 22.7. The second kappa shape index (κ2) is 10.8. The van der Waals surface area contributed by atoms with Gasteiger partial charge in [-0.15, -0.1) is 13.2 Å². The molecule has 12 heteroatoms. The maximum Gasteiger partial charge on any atom is 0.573 e. The van der Waals surface area contributed by atoms with E-state index >= 15 is 0 Å². The molecule has 1 N–H and O–H groups in total. The fraction of sp³-hybridized carbons (Fsp3) is 0.345. The van der Waals surface area contributed by atoms with Crippen LogP contribution in [0.15, 0.2) is 53.3 Å². The predicted octanol–water partition coefficient (Wildman–Crippen LogP) is 4.19. The molecule has 1 aliphatic heterocycles. The molecule has 1 saturated heterocycles. The van der Waals surface area contributed by atoms with Crippen molar-refractivity contribution in [3.63, 3.8) is 0 Å². The number of nitrogens with one attached hydrogen (secondary N) is 1. The molecule has 2 amide bonds. The Morgan fingerprint density at radius 3 is 2.44 bits per heavy atom. The minimum absolute atomic E-state index is 0.00658. The van der Waals surface area contributed by atoms with E-state index in [1.165, 1.54) is 36.8 Å². The Morgan fingerprint density at radius 2 is 1.78 bits per heavy atom. The van der Waals surface area contributed by atoms with Crippen LogP contribution in [0.4, 0.5) is 13.2 Å². The third-order valence-corrected chi connectivity index (χ3v) is 7.43. The number of hydrogen-bond donors (Lipinski definition) is 1. The molecule has 0 saturated carbocycles. The Hall–Kier alpha value is -4.48. The van der Waals surface area contributed by atoms with Gasteiger partial charge in [-0.1, -0.05) is 30.3 Å². The van der Waals surface area contributed by atoms with E-state index in [1.54, 1.807) is 40.8 Å². The van der Waals surface area contributed by atoms with Crippen molar-refractivity contribution in [1.82, 2.24) is 19.4 Å². The third-order valence-electron chi connectivity index (χ3n) is 7.43. The number of rotatable bonds is 6.